The minimum absolute atomic E-state index is 0.0484. The van der Waals surface area contributed by atoms with Gasteiger partial charge in [-0.25, -0.2) is 9.80 Å². The maximum absolute atomic E-state index is 12.5. The van der Waals surface area contributed by atoms with Crippen LogP contribution in [0, 0.1) is 6.92 Å². The molecule has 0 bridgehead atoms. The molecule has 0 aliphatic carbocycles. The number of hydrogen-bond donors (Lipinski definition) is 0. The van der Waals surface area contributed by atoms with E-state index in [1.165, 1.54) is 0 Å². The van der Waals surface area contributed by atoms with Crippen LogP contribution in [0.5, 0.6) is 11.5 Å². The summed E-state index contributed by atoms with van der Waals surface area (Å²) in [6.07, 6.45) is 0.205. The zero-order valence-corrected chi connectivity index (χ0v) is 21.5. The minimum atomic E-state index is -0.464. The van der Waals surface area contributed by atoms with E-state index in [0.717, 1.165) is 38.6 Å². The molecule has 2 aliphatic heterocycles. The molecule has 36 heavy (non-hydrogen) atoms. The van der Waals surface area contributed by atoms with Crippen LogP contribution in [-0.2, 0) is 0 Å². The van der Waals surface area contributed by atoms with Gasteiger partial charge in [0.1, 0.15) is 28.7 Å². The van der Waals surface area contributed by atoms with Crippen molar-refractivity contribution in [3.05, 3.63) is 117 Å². The molecule has 0 fully saturated rings. The highest BCUT2D eigenvalue weighted by atomic mass is 79.9. The van der Waals surface area contributed by atoms with Gasteiger partial charge in [0, 0.05) is 27.0 Å². The third kappa shape index (κ3) is 4.29. The molecule has 0 spiro atoms. The fraction of sp³-hybridized carbons (Fsp3) is 0.143. The smallest absolute Gasteiger partial charge is 0.343 e. The van der Waals surface area contributed by atoms with E-state index in [0.29, 0.717) is 22.8 Å². The summed E-state index contributed by atoms with van der Waals surface area (Å²) in [6, 6.07) is 23.8. The van der Waals surface area contributed by atoms with Crippen molar-refractivity contribution in [3.63, 3.8) is 0 Å². The predicted octanol–water partition coefficient (Wildman–Crippen LogP) is 7.47. The summed E-state index contributed by atoms with van der Waals surface area (Å²) in [5, 5.41) is 7.50. The van der Waals surface area contributed by atoms with Crippen molar-refractivity contribution < 1.29 is 18.7 Å². The summed E-state index contributed by atoms with van der Waals surface area (Å²) in [5.41, 5.74) is 3.20. The van der Waals surface area contributed by atoms with Gasteiger partial charge in [0.2, 0.25) is 6.23 Å². The van der Waals surface area contributed by atoms with Crippen molar-refractivity contribution >= 4 is 39.2 Å². The number of hydrazone groups is 1. The number of hydrogen-bond acceptors (Lipinski definition) is 6. The number of rotatable bonds is 4. The molecule has 6 nitrogen and oxygen atoms in total. The van der Waals surface area contributed by atoms with Crippen LogP contribution < -0.4 is 9.47 Å². The van der Waals surface area contributed by atoms with E-state index in [4.69, 9.17) is 30.6 Å². The number of furan rings is 1. The Labute approximate surface area is 221 Å². The van der Waals surface area contributed by atoms with Crippen LogP contribution >= 0.6 is 27.5 Å². The van der Waals surface area contributed by atoms with Crippen LogP contribution in [0.4, 0.5) is 0 Å². The zero-order chi connectivity index (χ0) is 24.8. The number of nitrogens with zero attached hydrogens (tertiary/aromatic N) is 2. The van der Waals surface area contributed by atoms with Crippen LogP contribution in [0.1, 0.15) is 51.7 Å². The number of carbonyl (C=O) groups is 1. The Bertz CT molecular complexity index is 1480. The highest BCUT2D eigenvalue weighted by Gasteiger charge is 2.41. The number of carbonyl (C=O) groups excluding carboxylic acids is 1. The number of esters is 1. The molecule has 6 rings (SSSR count). The molecule has 0 amide bonds. The van der Waals surface area contributed by atoms with Crippen LogP contribution in [0.2, 0.25) is 5.02 Å². The van der Waals surface area contributed by atoms with Gasteiger partial charge in [0.25, 0.3) is 0 Å². The van der Waals surface area contributed by atoms with Gasteiger partial charge in [-0.3, -0.25) is 0 Å². The molecule has 0 radical (unpaired) electrons. The van der Waals surface area contributed by atoms with Gasteiger partial charge in [-0.1, -0.05) is 27.5 Å². The molecule has 180 valence electrons. The lowest BCUT2D eigenvalue weighted by molar-refractivity contribution is -0.0190. The zero-order valence-electron chi connectivity index (χ0n) is 19.2. The summed E-state index contributed by atoms with van der Waals surface area (Å²) < 4.78 is 18.7. The number of fused-ring (bicyclic) bond motifs is 3. The summed E-state index contributed by atoms with van der Waals surface area (Å²) in [4.78, 5) is 12.5. The van der Waals surface area contributed by atoms with Crippen LogP contribution in [0.25, 0.3) is 0 Å². The molecule has 0 N–H and O–H groups in total. The Kier molecular flexibility index (Phi) is 5.82. The number of benzene rings is 3. The largest absolute Gasteiger partial charge is 0.464 e. The SMILES string of the molecule is Cc1ccc(C2=NN3[C@@H](C2)c2cc(Cl)ccc2O[C@H]3c2ccc(OC(=O)c3ccc(Br)cc3)cc2)o1. The van der Waals surface area contributed by atoms with Crippen molar-refractivity contribution in [2.45, 2.75) is 25.6 Å². The standard InChI is InChI=1S/C28H20BrClN2O4/c1-16-2-12-26(34-16)23-15-24-22-14-20(30)9-13-25(22)36-27(32(24)31-23)17-5-10-21(11-6-17)35-28(33)18-3-7-19(29)8-4-18/h2-14,24,27H,15H2,1H3/t24-,27-/m0/s1. The summed E-state index contributed by atoms with van der Waals surface area (Å²) >= 11 is 9.68. The Balaban J connectivity index is 1.29. The van der Waals surface area contributed by atoms with Crippen LogP contribution in [0.15, 0.2) is 92.9 Å². The quantitative estimate of drug-likeness (QED) is 0.190. The first kappa shape index (κ1) is 22.9. The third-order valence-electron chi connectivity index (χ3n) is 6.23. The first-order valence-corrected chi connectivity index (χ1v) is 12.6. The van der Waals surface area contributed by atoms with E-state index in [9.17, 15) is 4.79 Å². The molecule has 1 aromatic heterocycles. The lowest BCUT2D eigenvalue weighted by Crippen LogP contribution is -2.33. The monoisotopic (exact) mass is 562 g/mol. The fourth-order valence-electron chi connectivity index (χ4n) is 4.47. The number of aryl methyl sites for hydroxylation is 1. The van der Waals surface area contributed by atoms with Crippen LogP contribution in [-0.4, -0.2) is 16.7 Å². The number of halogens is 2. The van der Waals surface area contributed by atoms with Crippen molar-refractivity contribution in [1.82, 2.24) is 5.01 Å². The Hall–Kier alpha value is -3.55. The van der Waals surface area contributed by atoms with E-state index < -0.39 is 12.2 Å². The Morgan fingerprint density at radius 2 is 1.83 bits per heavy atom. The fourth-order valence-corrected chi connectivity index (χ4v) is 4.91. The molecular formula is C28H20BrClN2O4. The van der Waals surface area contributed by atoms with Gasteiger partial charge in [-0.2, -0.15) is 5.10 Å². The first-order valence-electron chi connectivity index (χ1n) is 11.4. The van der Waals surface area contributed by atoms with Gasteiger partial charge in [0.15, 0.2) is 0 Å². The molecule has 2 aliphatic rings. The van der Waals surface area contributed by atoms with Gasteiger partial charge < -0.3 is 13.9 Å². The normalized spacial score (nSPS) is 18.2. The van der Waals surface area contributed by atoms with Gasteiger partial charge in [-0.15, -0.1) is 0 Å². The molecule has 3 heterocycles. The predicted molar refractivity (Wildman–Crippen MR) is 140 cm³/mol. The highest BCUT2D eigenvalue weighted by Crippen LogP contribution is 2.48. The topological polar surface area (TPSA) is 64.3 Å². The summed E-state index contributed by atoms with van der Waals surface area (Å²) in [5.74, 6) is 2.38. The molecular weight excluding hydrogens is 544 g/mol. The second-order valence-corrected chi connectivity index (χ2v) is 10.0. The van der Waals surface area contributed by atoms with E-state index in [-0.39, 0.29) is 6.04 Å². The third-order valence-corrected chi connectivity index (χ3v) is 7.00. The Morgan fingerprint density at radius 3 is 2.56 bits per heavy atom. The molecule has 0 unspecified atom stereocenters. The van der Waals surface area contributed by atoms with Crippen LogP contribution in [0.3, 0.4) is 0 Å². The minimum Gasteiger partial charge on any atom is -0.464 e. The first-order chi connectivity index (χ1) is 17.4. The van der Waals surface area contributed by atoms with E-state index in [2.05, 4.69) is 15.9 Å². The second-order valence-electron chi connectivity index (χ2n) is 8.67. The second kappa shape index (κ2) is 9.15. The van der Waals surface area contributed by atoms with Gasteiger partial charge >= 0.3 is 5.97 Å². The lowest BCUT2D eigenvalue weighted by Gasteiger charge is -2.38. The molecule has 0 saturated heterocycles. The molecule has 8 heteroatoms. The van der Waals surface area contributed by atoms with Crippen molar-refractivity contribution in [2.24, 2.45) is 5.10 Å². The Morgan fingerprint density at radius 1 is 1.06 bits per heavy atom. The summed E-state index contributed by atoms with van der Waals surface area (Å²) in [7, 11) is 0. The maximum Gasteiger partial charge on any atom is 0.343 e. The maximum atomic E-state index is 12.5. The van der Waals surface area contributed by atoms with Crippen molar-refractivity contribution in [2.75, 3.05) is 0 Å². The van der Waals surface area contributed by atoms with Crippen molar-refractivity contribution in [1.29, 1.82) is 0 Å². The average Bonchev–Trinajstić information content (AvgIpc) is 3.51. The molecule has 2 atom stereocenters. The highest BCUT2D eigenvalue weighted by molar-refractivity contribution is 9.10. The average molecular weight is 564 g/mol. The van der Waals surface area contributed by atoms with E-state index in [1.54, 1.807) is 36.4 Å². The molecule has 4 aromatic rings. The van der Waals surface area contributed by atoms with E-state index in [1.807, 2.05) is 54.4 Å². The number of ether oxygens (including phenoxy) is 2. The van der Waals surface area contributed by atoms with Gasteiger partial charge in [-0.05, 0) is 85.8 Å². The van der Waals surface area contributed by atoms with Crippen molar-refractivity contribution in [3.8, 4) is 11.5 Å². The molecule has 0 saturated carbocycles. The lowest BCUT2D eigenvalue weighted by atomic mass is 9.97. The summed E-state index contributed by atoms with van der Waals surface area (Å²) in [6.45, 7) is 1.92. The van der Waals surface area contributed by atoms with Gasteiger partial charge in [0.05, 0.1) is 11.6 Å². The van der Waals surface area contributed by atoms with E-state index >= 15 is 0 Å². The molecule has 3 aromatic carbocycles.